The molecule has 3 rings (SSSR count). The number of rotatable bonds is 12. The van der Waals surface area contributed by atoms with Gasteiger partial charge in [0.2, 0.25) is 0 Å². The Labute approximate surface area is 194 Å². The first-order chi connectivity index (χ1) is 14.9. The van der Waals surface area contributed by atoms with E-state index < -0.39 is 18.2 Å². The second kappa shape index (κ2) is 11.5. The number of carbonyl (C=O) groups is 1. The van der Waals surface area contributed by atoms with Crippen molar-refractivity contribution in [2.24, 2.45) is 11.3 Å². The van der Waals surface area contributed by atoms with E-state index in [4.69, 9.17) is 16.7 Å². The number of carboxylic acids is 1. The van der Waals surface area contributed by atoms with Gasteiger partial charge in [-0.3, -0.25) is 4.79 Å². The molecule has 2 aliphatic carbocycles. The van der Waals surface area contributed by atoms with Gasteiger partial charge in [-0.05, 0) is 63.5 Å². The third kappa shape index (κ3) is 6.79. The molecular formula is C25H33ClO4S. The van der Waals surface area contributed by atoms with Crippen LogP contribution in [0.4, 0.5) is 0 Å². The van der Waals surface area contributed by atoms with Crippen molar-refractivity contribution in [3.05, 3.63) is 57.3 Å². The fourth-order valence-electron chi connectivity index (χ4n) is 4.64. The first-order valence-electron chi connectivity index (χ1n) is 11.2. The highest BCUT2D eigenvalue weighted by atomic mass is 35.5. The lowest BCUT2D eigenvalue weighted by Crippen LogP contribution is -2.42. The molecule has 3 atom stereocenters. The van der Waals surface area contributed by atoms with E-state index in [-0.39, 0.29) is 17.8 Å². The molecule has 0 radical (unpaired) electrons. The highest BCUT2D eigenvalue weighted by molar-refractivity contribution is 7.16. The van der Waals surface area contributed by atoms with Gasteiger partial charge in [0.1, 0.15) is 0 Å². The number of allylic oxidation sites excluding steroid dienone is 2. The molecule has 1 fully saturated rings. The van der Waals surface area contributed by atoms with Crippen LogP contribution in [0.25, 0.3) is 0 Å². The Hall–Kier alpha value is -1.40. The summed E-state index contributed by atoms with van der Waals surface area (Å²) in [5.74, 6) is -0.769. The van der Waals surface area contributed by atoms with Crippen molar-refractivity contribution in [3.63, 3.8) is 0 Å². The Morgan fingerprint density at radius 2 is 2.10 bits per heavy atom. The molecule has 0 spiro atoms. The fraction of sp³-hybridized carbons (Fsp3) is 0.560. The molecule has 3 unspecified atom stereocenters. The van der Waals surface area contributed by atoms with Gasteiger partial charge in [0.25, 0.3) is 0 Å². The van der Waals surface area contributed by atoms with Gasteiger partial charge >= 0.3 is 5.97 Å². The first-order valence-corrected chi connectivity index (χ1v) is 12.4. The van der Waals surface area contributed by atoms with Crippen molar-refractivity contribution in [3.8, 4) is 0 Å². The van der Waals surface area contributed by atoms with Crippen LogP contribution in [0, 0.1) is 11.3 Å². The van der Waals surface area contributed by atoms with Crippen molar-refractivity contribution in [2.45, 2.75) is 76.4 Å². The average Bonchev–Trinajstić information content (AvgIpc) is 3.26. The number of hydrogen-bond acceptors (Lipinski definition) is 4. The third-order valence-corrected chi connectivity index (χ3v) is 7.89. The highest BCUT2D eigenvalue weighted by Gasteiger charge is 2.43. The van der Waals surface area contributed by atoms with Gasteiger partial charge < -0.3 is 15.3 Å². The molecular weight excluding hydrogens is 432 g/mol. The van der Waals surface area contributed by atoms with Crippen LogP contribution in [0.15, 0.2) is 48.1 Å². The molecule has 1 aromatic rings. The summed E-state index contributed by atoms with van der Waals surface area (Å²) in [5.41, 5.74) is 1.14. The van der Waals surface area contributed by atoms with Crippen LogP contribution in [-0.2, 0) is 11.2 Å². The summed E-state index contributed by atoms with van der Waals surface area (Å²) < 4.78 is 0.796. The molecule has 1 aromatic heterocycles. The number of aliphatic hydroxyl groups is 2. The van der Waals surface area contributed by atoms with Gasteiger partial charge in [-0.1, -0.05) is 54.0 Å². The zero-order chi connectivity index (χ0) is 22.3. The number of aliphatic carboxylic acids is 1. The van der Waals surface area contributed by atoms with E-state index in [1.807, 2.05) is 18.2 Å². The van der Waals surface area contributed by atoms with Crippen molar-refractivity contribution >= 4 is 28.9 Å². The summed E-state index contributed by atoms with van der Waals surface area (Å²) in [4.78, 5) is 11.8. The first kappa shape index (κ1) is 24.2. The maximum Gasteiger partial charge on any atom is 0.303 e. The van der Waals surface area contributed by atoms with Gasteiger partial charge in [-0.15, -0.1) is 11.3 Å². The molecule has 0 aliphatic heterocycles. The molecule has 0 saturated heterocycles. The summed E-state index contributed by atoms with van der Waals surface area (Å²) in [6.45, 7) is 0. The van der Waals surface area contributed by atoms with Gasteiger partial charge in [0, 0.05) is 22.6 Å². The Kier molecular flexibility index (Phi) is 8.96. The number of thiophene rings is 1. The summed E-state index contributed by atoms with van der Waals surface area (Å²) in [7, 11) is 0. The zero-order valence-corrected chi connectivity index (χ0v) is 19.5. The number of halogens is 1. The van der Waals surface area contributed by atoms with Gasteiger partial charge in [0.15, 0.2) is 0 Å². The van der Waals surface area contributed by atoms with E-state index >= 15 is 0 Å². The van der Waals surface area contributed by atoms with Crippen LogP contribution >= 0.6 is 22.9 Å². The zero-order valence-electron chi connectivity index (χ0n) is 17.9. The van der Waals surface area contributed by atoms with E-state index in [2.05, 4.69) is 24.3 Å². The maximum absolute atomic E-state index is 10.9. The SMILES string of the molecule is O=C(O)CCC/C=C/CC1=CCC(O)C1/C=C/CC(O)C1(Cc2ccc(Cl)s2)CCC1. The molecule has 0 amide bonds. The predicted molar refractivity (Wildman–Crippen MR) is 127 cm³/mol. The van der Waals surface area contributed by atoms with E-state index in [0.29, 0.717) is 19.3 Å². The molecule has 6 heteroatoms. The molecule has 0 aromatic carbocycles. The minimum atomic E-state index is -0.759. The van der Waals surface area contributed by atoms with Crippen molar-refractivity contribution in [1.82, 2.24) is 0 Å². The summed E-state index contributed by atoms with van der Waals surface area (Å²) in [5, 5.41) is 30.0. The van der Waals surface area contributed by atoms with Crippen LogP contribution in [0.5, 0.6) is 0 Å². The molecule has 170 valence electrons. The molecule has 4 nitrogen and oxygen atoms in total. The normalized spacial score (nSPS) is 23.9. The lowest BCUT2D eigenvalue weighted by molar-refractivity contribution is -0.137. The van der Waals surface area contributed by atoms with Crippen LogP contribution in [0.3, 0.4) is 0 Å². The Morgan fingerprint density at radius 1 is 1.29 bits per heavy atom. The summed E-state index contributed by atoms with van der Waals surface area (Å²) in [6.07, 6.45) is 17.2. The summed E-state index contributed by atoms with van der Waals surface area (Å²) in [6, 6.07) is 3.99. The standard InChI is InChI=1S/C25H33ClO4S/c26-23-14-12-19(31-23)17-25(15-6-16-25)22(28)9-5-8-20-18(11-13-21(20)27)7-3-1-2-4-10-24(29)30/h1,3,5,8,11-12,14,20-22,27-28H,2,4,6-7,9-10,13,15-17H2,(H,29,30)/b3-1+,8-5+. The molecule has 0 bridgehead atoms. The number of hydrogen-bond donors (Lipinski definition) is 3. The smallest absolute Gasteiger partial charge is 0.303 e. The third-order valence-electron chi connectivity index (χ3n) is 6.66. The molecule has 1 heterocycles. The van der Waals surface area contributed by atoms with Crippen LogP contribution < -0.4 is 0 Å². The Bertz CT molecular complexity index is 821. The quantitative estimate of drug-likeness (QED) is 0.264. The van der Waals surface area contributed by atoms with Crippen molar-refractivity contribution in [1.29, 1.82) is 0 Å². The van der Waals surface area contributed by atoms with Crippen molar-refractivity contribution < 1.29 is 20.1 Å². The highest BCUT2D eigenvalue weighted by Crippen LogP contribution is 2.48. The minimum Gasteiger partial charge on any atom is -0.481 e. The molecule has 1 saturated carbocycles. The lowest BCUT2D eigenvalue weighted by Gasteiger charge is -2.45. The number of unbranched alkanes of at least 4 members (excludes halogenated alkanes) is 1. The second-order valence-corrected chi connectivity index (χ2v) is 10.6. The topological polar surface area (TPSA) is 77.8 Å². The van der Waals surface area contributed by atoms with E-state index in [1.54, 1.807) is 11.3 Å². The van der Waals surface area contributed by atoms with E-state index in [1.165, 1.54) is 10.5 Å². The number of carboxylic acid groups (broad SMARTS) is 1. The maximum atomic E-state index is 10.9. The lowest BCUT2D eigenvalue weighted by atomic mass is 9.62. The predicted octanol–water partition coefficient (Wildman–Crippen LogP) is 5.93. The monoisotopic (exact) mass is 464 g/mol. The summed E-state index contributed by atoms with van der Waals surface area (Å²) >= 11 is 7.67. The van der Waals surface area contributed by atoms with Crippen LogP contribution in [-0.4, -0.2) is 33.5 Å². The molecule has 31 heavy (non-hydrogen) atoms. The number of aliphatic hydroxyl groups excluding tert-OH is 2. The van der Waals surface area contributed by atoms with Crippen molar-refractivity contribution in [2.75, 3.05) is 0 Å². The Morgan fingerprint density at radius 3 is 2.74 bits per heavy atom. The molecule has 2 aliphatic rings. The Balaban J connectivity index is 1.49. The largest absolute Gasteiger partial charge is 0.481 e. The van der Waals surface area contributed by atoms with Crippen LogP contribution in [0.1, 0.15) is 62.7 Å². The van der Waals surface area contributed by atoms with E-state index in [9.17, 15) is 15.0 Å². The second-order valence-electron chi connectivity index (χ2n) is 8.85. The fourth-order valence-corrected chi connectivity index (χ4v) is 5.88. The van der Waals surface area contributed by atoms with Gasteiger partial charge in [0.05, 0.1) is 16.5 Å². The van der Waals surface area contributed by atoms with E-state index in [0.717, 1.165) is 42.9 Å². The van der Waals surface area contributed by atoms with Gasteiger partial charge in [-0.25, -0.2) is 0 Å². The van der Waals surface area contributed by atoms with Gasteiger partial charge in [-0.2, -0.15) is 0 Å². The minimum absolute atomic E-state index is 0.00990. The van der Waals surface area contributed by atoms with Crippen LogP contribution in [0.2, 0.25) is 4.34 Å². The average molecular weight is 465 g/mol. The molecule has 3 N–H and O–H groups in total.